The SMILES string of the molecule is C[C@H](NC(=O)Cn1nc2n(c1=O)CCCCC2)c1nc2ccccc2n1C(F)F. The highest BCUT2D eigenvalue weighted by molar-refractivity contribution is 5.78. The molecule has 3 heterocycles. The van der Waals surface area contributed by atoms with E-state index < -0.39 is 18.5 Å². The second-order valence-electron chi connectivity index (χ2n) is 7.21. The number of nitrogens with one attached hydrogen (secondary N) is 1. The van der Waals surface area contributed by atoms with Gasteiger partial charge in [-0.2, -0.15) is 13.9 Å². The third kappa shape index (κ3) is 3.66. The van der Waals surface area contributed by atoms with E-state index in [1.165, 1.54) is 0 Å². The highest BCUT2D eigenvalue weighted by Crippen LogP contribution is 2.26. The van der Waals surface area contributed by atoms with Crippen LogP contribution in [0.1, 0.15) is 50.4 Å². The largest absolute Gasteiger partial charge is 0.346 e. The number of amides is 1. The summed E-state index contributed by atoms with van der Waals surface area (Å²) in [6.45, 7) is -0.866. The molecule has 0 spiro atoms. The molecule has 1 amide bonds. The molecule has 3 aromatic rings. The Bertz CT molecular complexity index is 1100. The van der Waals surface area contributed by atoms with Crippen LogP contribution in [0.25, 0.3) is 11.0 Å². The van der Waals surface area contributed by atoms with Crippen molar-refractivity contribution in [1.29, 1.82) is 0 Å². The molecule has 0 radical (unpaired) electrons. The van der Waals surface area contributed by atoms with Gasteiger partial charge in [0.2, 0.25) is 5.91 Å². The number of halogens is 2. The number of aromatic nitrogens is 5. The number of carbonyl (C=O) groups is 1. The number of fused-ring (bicyclic) bond motifs is 2. The fourth-order valence-corrected chi connectivity index (χ4v) is 3.79. The average molecular weight is 404 g/mol. The minimum absolute atomic E-state index is 0.0579. The van der Waals surface area contributed by atoms with Crippen LogP contribution in [-0.2, 0) is 24.3 Å². The van der Waals surface area contributed by atoms with Crippen molar-refractivity contribution in [2.75, 3.05) is 0 Å². The van der Waals surface area contributed by atoms with Gasteiger partial charge in [-0.15, -0.1) is 0 Å². The first-order chi connectivity index (χ1) is 14.0. The van der Waals surface area contributed by atoms with Gasteiger partial charge in [-0.05, 0) is 31.9 Å². The number of imidazole rings is 1. The molecule has 29 heavy (non-hydrogen) atoms. The van der Waals surface area contributed by atoms with Crippen molar-refractivity contribution < 1.29 is 13.6 Å². The summed E-state index contributed by atoms with van der Waals surface area (Å²) in [7, 11) is 0. The fourth-order valence-electron chi connectivity index (χ4n) is 3.79. The minimum Gasteiger partial charge on any atom is -0.345 e. The zero-order valence-corrected chi connectivity index (χ0v) is 16.0. The highest BCUT2D eigenvalue weighted by Gasteiger charge is 2.24. The first-order valence-corrected chi connectivity index (χ1v) is 9.66. The van der Waals surface area contributed by atoms with Crippen molar-refractivity contribution in [3.8, 4) is 0 Å². The number of alkyl halides is 2. The molecule has 0 fully saturated rings. The zero-order chi connectivity index (χ0) is 20.5. The average Bonchev–Trinajstić information content (AvgIpc) is 3.11. The van der Waals surface area contributed by atoms with Gasteiger partial charge < -0.3 is 5.32 Å². The second-order valence-corrected chi connectivity index (χ2v) is 7.21. The summed E-state index contributed by atoms with van der Waals surface area (Å²) < 4.78 is 30.8. The van der Waals surface area contributed by atoms with E-state index in [1.807, 2.05) is 0 Å². The summed E-state index contributed by atoms with van der Waals surface area (Å²) in [5.41, 5.74) is 0.412. The lowest BCUT2D eigenvalue weighted by Crippen LogP contribution is -2.35. The molecule has 0 saturated carbocycles. The quantitative estimate of drug-likeness (QED) is 0.708. The Balaban J connectivity index is 1.53. The van der Waals surface area contributed by atoms with Crippen LogP contribution in [0, 0.1) is 0 Å². The van der Waals surface area contributed by atoms with Gasteiger partial charge in [-0.3, -0.25) is 13.9 Å². The third-order valence-electron chi connectivity index (χ3n) is 5.16. The maximum absolute atomic E-state index is 13.6. The number of rotatable bonds is 5. The summed E-state index contributed by atoms with van der Waals surface area (Å²) >= 11 is 0. The molecule has 0 aliphatic carbocycles. The summed E-state index contributed by atoms with van der Waals surface area (Å²) in [4.78, 5) is 29.2. The Kier molecular flexibility index (Phi) is 5.16. The van der Waals surface area contributed by atoms with Gasteiger partial charge in [0.25, 0.3) is 0 Å². The zero-order valence-electron chi connectivity index (χ0n) is 16.0. The van der Waals surface area contributed by atoms with E-state index in [2.05, 4.69) is 15.4 Å². The van der Waals surface area contributed by atoms with Crippen LogP contribution in [0.3, 0.4) is 0 Å². The van der Waals surface area contributed by atoms with Gasteiger partial charge >= 0.3 is 12.2 Å². The van der Waals surface area contributed by atoms with Crippen LogP contribution in [0.15, 0.2) is 29.1 Å². The van der Waals surface area contributed by atoms with E-state index in [1.54, 1.807) is 35.8 Å². The van der Waals surface area contributed by atoms with Crippen LogP contribution < -0.4 is 11.0 Å². The van der Waals surface area contributed by atoms with Crippen LogP contribution in [-0.4, -0.2) is 29.8 Å². The minimum atomic E-state index is -2.79. The first-order valence-electron chi connectivity index (χ1n) is 9.66. The second kappa shape index (κ2) is 7.76. The fraction of sp³-hybridized carbons (Fsp3) is 0.474. The lowest BCUT2D eigenvalue weighted by atomic mass is 10.2. The van der Waals surface area contributed by atoms with Gasteiger partial charge in [0.15, 0.2) is 0 Å². The molecule has 154 valence electrons. The number of aryl methyl sites for hydroxylation is 1. The predicted octanol–water partition coefficient (Wildman–Crippen LogP) is 2.39. The maximum Gasteiger partial charge on any atom is 0.346 e. The molecule has 1 atom stereocenters. The van der Waals surface area contributed by atoms with Crippen molar-refractivity contribution in [3.63, 3.8) is 0 Å². The predicted molar refractivity (Wildman–Crippen MR) is 102 cm³/mol. The Hall–Kier alpha value is -3.04. The molecule has 0 bridgehead atoms. The normalized spacial score (nSPS) is 15.3. The molecule has 1 aromatic carbocycles. The molecule has 8 nitrogen and oxygen atoms in total. The van der Waals surface area contributed by atoms with E-state index in [-0.39, 0.29) is 18.1 Å². The van der Waals surface area contributed by atoms with Crippen molar-refractivity contribution in [1.82, 2.24) is 29.2 Å². The Morgan fingerprint density at radius 2 is 2.03 bits per heavy atom. The lowest BCUT2D eigenvalue weighted by molar-refractivity contribution is -0.122. The Labute approximate surface area is 165 Å². The standard InChI is InChI=1S/C19H22F2N6O2/c1-12(17-23-13-7-4-5-8-14(13)27(17)18(20)21)22-16(28)11-26-19(29)25-10-6-2-3-9-15(25)24-26/h4-5,7-8,12,18H,2-3,6,9-11H2,1H3,(H,22,28)/t12-/m0/s1. The van der Waals surface area contributed by atoms with Gasteiger partial charge in [-0.1, -0.05) is 18.6 Å². The molecule has 1 N–H and O–H groups in total. The van der Waals surface area contributed by atoms with Gasteiger partial charge in [0.05, 0.1) is 17.1 Å². The Morgan fingerprint density at radius 3 is 2.83 bits per heavy atom. The van der Waals surface area contributed by atoms with Crippen LogP contribution in [0.5, 0.6) is 0 Å². The number of nitrogens with zero attached hydrogens (tertiary/aromatic N) is 5. The smallest absolute Gasteiger partial charge is 0.345 e. The number of carbonyl (C=O) groups excluding carboxylic acids is 1. The van der Waals surface area contributed by atoms with Crippen molar-refractivity contribution in [2.24, 2.45) is 0 Å². The summed E-state index contributed by atoms with van der Waals surface area (Å²) in [5, 5.41) is 6.93. The van der Waals surface area contributed by atoms with E-state index >= 15 is 0 Å². The number of hydrogen-bond donors (Lipinski definition) is 1. The molecule has 1 aliphatic rings. The van der Waals surface area contributed by atoms with Crippen LogP contribution in [0.2, 0.25) is 0 Å². The molecule has 0 saturated heterocycles. The van der Waals surface area contributed by atoms with Crippen molar-refractivity contribution in [2.45, 2.75) is 58.3 Å². The Morgan fingerprint density at radius 1 is 1.24 bits per heavy atom. The number of para-hydroxylation sites is 2. The number of hydrogen-bond acceptors (Lipinski definition) is 4. The maximum atomic E-state index is 13.6. The topological polar surface area (TPSA) is 86.7 Å². The molecule has 0 unspecified atom stereocenters. The van der Waals surface area contributed by atoms with E-state index in [0.29, 0.717) is 29.8 Å². The molecule has 10 heteroatoms. The van der Waals surface area contributed by atoms with Gasteiger partial charge in [0, 0.05) is 13.0 Å². The van der Waals surface area contributed by atoms with Gasteiger partial charge in [0.1, 0.15) is 18.2 Å². The summed E-state index contributed by atoms with van der Waals surface area (Å²) in [6, 6.07) is 5.81. The van der Waals surface area contributed by atoms with Crippen molar-refractivity contribution in [3.05, 3.63) is 46.4 Å². The highest BCUT2D eigenvalue weighted by atomic mass is 19.3. The lowest BCUT2D eigenvalue weighted by Gasteiger charge is -2.15. The molecular formula is C19H22F2N6O2. The summed E-state index contributed by atoms with van der Waals surface area (Å²) in [6.07, 6.45) is 3.62. The van der Waals surface area contributed by atoms with E-state index in [9.17, 15) is 18.4 Å². The molecule has 1 aliphatic heterocycles. The van der Waals surface area contributed by atoms with Gasteiger partial charge in [-0.25, -0.2) is 14.5 Å². The first kappa shape index (κ1) is 19.3. The third-order valence-corrected chi connectivity index (χ3v) is 5.16. The van der Waals surface area contributed by atoms with E-state index in [0.717, 1.165) is 28.5 Å². The monoisotopic (exact) mass is 404 g/mol. The molecular weight excluding hydrogens is 382 g/mol. The van der Waals surface area contributed by atoms with Crippen LogP contribution in [0.4, 0.5) is 8.78 Å². The van der Waals surface area contributed by atoms with Crippen molar-refractivity contribution >= 4 is 16.9 Å². The van der Waals surface area contributed by atoms with Crippen LogP contribution >= 0.6 is 0 Å². The summed E-state index contributed by atoms with van der Waals surface area (Å²) in [5.74, 6) is 0.260. The molecule has 4 rings (SSSR count). The number of benzene rings is 1. The van der Waals surface area contributed by atoms with E-state index in [4.69, 9.17) is 0 Å². The molecule has 2 aromatic heterocycles.